The van der Waals surface area contributed by atoms with E-state index >= 15 is 0 Å². The Morgan fingerprint density at radius 1 is 1.50 bits per heavy atom. The lowest BCUT2D eigenvalue weighted by molar-refractivity contribution is -0.387. The van der Waals surface area contributed by atoms with Crippen molar-refractivity contribution in [1.29, 1.82) is 0 Å². The summed E-state index contributed by atoms with van der Waals surface area (Å²) in [4.78, 5) is 9.74. The summed E-state index contributed by atoms with van der Waals surface area (Å²) in [6, 6.07) is 3.50. The zero-order chi connectivity index (χ0) is 15.3. The number of hydrazine groups is 1. The number of benzene rings is 1. The standard InChI is InChI=1S/C10H16N4O5S/c1-7(19-2)6-12-20(17,18)10-4-3-8(13-11)5-9(10)14(15)16/h3-5,7,12-13H,6,11H2,1-2H3. The van der Waals surface area contributed by atoms with Crippen LogP contribution in [0.15, 0.2) is 23.1 Å². The smallest absolute Gasteiger partial charge is 0.291 e. The van der Waals surface area contributed by atoms with Crippen LogP contribution >= 0.6 is 0 Å². The highest BCUT2D eigenvalue weighted by Gasteiger charge is 2.26. The lowest BCUT2D eigenvalue weighted by atomic mass is 10.3. The fourth-order valence-electron chi connectivity index (χ4n) is 1.37. The number of nitrogens with two attached hydrogens (primary N) is 1. The van der Waals surface area contributed by atoms with Gasteiger partial charge in [0.2, 0.25) is 10.0 Å². The van der Waals surface area contributed by atoms with Crippen molar-refractivity contribution < 1.29 is 18.1 Å². The molecular formula is C10H16N4O5S. The highest BCUT2D eigenvalue weighted by Crippen LogP contribution is 2.26. The average Bonchev–Trinajstić information content (AvgIpc) is 2.43. The zero-order valence-corrected chi connectivity index (χ0v) is 11.8. The maximum atomic E-state index is 12.1. The molecule has 0 aromatic heterocycles. The van der Waals surface area contributed by atoms with Crippen molar-refractivity contribution >= 4 is 21.4 Å². The van der Waals surface area contributed by atoms with Gasteiger partial charge in [-0.05, 0) is 19.1 Å². The minimum atomic E-state index is -4.01. The molecule has 9 nitrogen and oxygen atoms in total. The van der Waals surface area contributed by atoms with Crippen molar-refractivity contribution in [2.75, 3.05) is 19.1 Å². The second-order valence-corrected chi connectivity index (χ2v) is 5.72. The van der Waals surface area contributed by atoms with Crippen LogP contribution in [0.2, 0.25) is 0 Å². The molecule has 0 aliphatic heterocycles. The summed E-state index contributed by atoms with van der Waals surface area (Å²) in [5.74, 6) is 5.14. The summed E-state index contributed by atoms with van der Waals surface area (Å²) in [6.07, 6.45) is -0.353. The third-order valence-electron chi connectivity index (χ3n) is 2.57. The van der Waals surface area contributed by atoms with Gasteiger partial charge in [0, 0.05) is 19.7 Å². The Morgan fingerprint density at radius 3 is 2.65 bits per heavy atom. The molecule has 0 radical (unpaired) electrons. The number of nitrogens with one attached hydrogen (secondary N) is 2. The molecule has 20 heavy (non-hydrogen) atoms. The maximum Gasteiger partial charge on any atom is 0.291 e. The fourth-order valence-corrected chi connectivity index (χ4v) is 2.63. The van der Waals surface area contributed by atoms with Crippen LogP contribution in [0.1, 0.15) is 6.92 Å². The highest BCUT2D eigenvalue weighted by molar-refractivity contribution is 7.89. The zero-order valence-electron chi connectivity index (χ0n) is 11.0. The number of anilines is 1. The van der Waals surface area contributed by atoms with Gasteiger partial charge in [-0.25, -0.2) is 13.1 Å². The normalized spacial score (nSPS) is 12.9. The molecule has 0 fully saturated rings. The van der Waals surface area contributed by atoms with Crippen molar-refractivity contribution in [1.82, 2.24) is 4.72 Å². The van der Waals surface area contributed by atoms with Gasteiger partial charge in [-0.2, -0.15) is 0 Å². The number of nitro groups is 1. The number of hydrogen-bond acceptors (Lipinski definition) is 7. The van der Waals surface area contributed by atoms with Gasteiger partial charge in [0.1, 0.15) is 0 Å². The molecule has 1 unspecified atom stereocenters. The van der Waals surface area contributed by atoms with Crippen LogP contribution in [0.5, 0.6) is 0 Å². The molecule has 1 rings (SSSR count). The molecule has 1 aromatic rings. The van der Waals surface area contributed by atoms with Gasteiger partial charge in [-0.3, -0.25) is 16.0 Å². The molecule has 10 heteroatoms. The van der Waals surface area contributed by atoms with Crippen molar-refractivity contribution in [3.63, 3.8) is 0 Å². The minimum absolute atomic E-state index is 0.00682. The molecule has 1 atom stereocenters. The summed E-state index contributed by atoms with van der Waals surface area (Å²) in [5, 5.41) is 11.0. The molecule has 0 spiro atoms. The Kier molecular flexibility index (Phi) is 5.39. The molecule has 0 bridgehead atoms. The van der Waals surface area contributed by atoms with E-state index in [1.165, 1.54) is 13.2 Å². The Labute approximate surface area is 116 Å². The van der Waals surface area contributed by atoms with E-state index in [0.29, 0.717) is 0 Å². The number of ether oxygens (including phenoxy) is 1. The minimum Gasteiger partial charge on any atom is -0.380 e. The van der Waals surface area contributed by atoms with E-state index in [2.05, 4.69) is 10.1 Å². The van der Waals surface area contributed by atoms with E-state index in [1.807, 2.05) is 0 Å². The van der Waals surface area contributed by atoms with Crippen molar-refractivity contribution in [2.45, 2.75) is 17.9 Å². The van der Waals surface area contributed by atoms with E-state index in [9.17, 15) is 18.5 Å². The van der Waals surface area contributed by atoms with Crippen LogP contribution in [0, 0.1) is 10.1 Å². The second-order valence-electron chi connectivity index (χ2n) is 3.98. The quantitative estimate of drug-likeness (QED) is 0.371. The van der Waals surface area contributed by atoms with E-state index in [-0.39, 0.29) is 18.3 Å². The molecule has 4 N–H and O–H groups in total. The monoisotopic (exact) mass is 304 g/mol. The van der Waals surface area contributed by atoms with Crippen LogP contribution in [-0.2, 0) is 14.8 Å². The molecule has 0 saturated heterocycles. The summed E-state index contributed by atoms with van der Waals surface area (Å²) in [6.45, 7) is 1.67. The van der Waals surface area contributed by atoms with Crippen LogP contribution in [-0.4, -0.2) is 33.1 Å². The topological polar surface area (TPSA) is 137 Å². The molecule has 112 valence electrons. The van der Waals surface area contributed by atoms with Gasteiger partial charge in [-0.15, -0.1) is 0 Å². The number of rotatable bonds is 7. The maximum absolute atomic E-state index is 12.1. The average molecular weight is 304 g/mol. The third-order valence-corrected chi connectivity index (χ3v) is 4.05. The van der Waals surface area contributed by atoms with E-state index in [0.717, 1.165) is 12.1 Å². The predicted octanol–water partition coefficient (Wildman–Crippen LogP) is 0.194. The number of nitro benzene ring substituents is 1. The van der Waals surface area contributed by atoms with Gasteiger partial charge in [0.25, 0.3) is 5.69 Å². The van der Waals surface area contributed by atoms with Gasteiger partial charge in [0.15, 0.2) is 4.90 Å². The molecule has 0 amide bonds. The molecule has 0 heterocycles. The van der Waals surface area contributed by atoms with E-state index < -0.39 is 25.5 Å². The number of nitrogen functional groups attached to an aromatic ring is 1. The molecule has 1 aromatic carbocycles. The Balaban J connectivity index is 3.14. The molecule has 0 aliphatic carbocycles. The first-order valence-electron chi connectivity index (χ1n) is 5.59. The number of nitrogens with zero attached hydrogens (tertiary/aromatic N) is 1. The van der Waals surface area contributed by atoms with Crippen molar-refractivity contribution in [3.8, 4) is 0 Å². The van der Waals surface area contributed by atoms with Gasteiger partial charge < -0.3 is 10.2 Å². The predicted molar refractivity (Wildman–Crippen MR) is 72.6 cm³/mol. The van der Waals surface area contributed by atoms with Crippen molar-refractivity contribution in [2.24, 2.45) is 5.84 Å². The first-order chi connectivity index (χ1) is 9.31. The van der Waals surface area contributed by atoms with Gasteiger partial charge in [0.05, 0.1) is 16.7 Å². The summed E-state index contributed by atoms with van der Waals surface area (Å²) in [5.41, 5.74) is 1.90. The third kappa shape index (κ3) is 3.87. The summed E-state index contributed by atoms with van der Waals surface area (Å²) < 4.78 is 31.3. The van der Waals surface area contributed by atoms with Crippen LogP contribution in [0.3, 0.4) is 0 Å². The first-order valence-corrected chi connectivity index (χ1v) is 7.07. The Bertz CT molecular complexity index is 589. The number of sulfonamides is 1. The Hall–Kier alpha value is -1.75. The van der Waals surface area contributed by atoms with E-state index in [4.69, 9.17) is 10.6 Å². The lowest BCUT2D eigenvalue weighted by Gasteiger charge is -2.12. The van der Waals surface area contributed by atoms with E-state index in [1.54, 1.807) is 6.92 Å². The molecule has 0 aliphatic rings. The molecule has 0 saturated carbocycles. The lowest BCUT2D eigenvalue weighted by Crippen LogP contribution is -2.32. The number of methoxy groups -OCH3 is 1. The Morgan fingerprint density at radius 2 is 2.15 bits per heavy atom. The largest absolute Gasteiger partial charge is 0.380 e. The summed E-state index contributed by atoms with van der Waals surface area (Å²) >= 11 is 0. The van der Waals surface area contributed by atoms with Crippen LogP contribution in [0.4, 0.5) is 11.4 Å². The second kappa shape index (κ2) is 6.61. The van der Waals surface area contributed by atoms with Crippen LogP contribution < -0.4 is 16.0 Å². The molecular weight excluding hydrogens is 288 g/mol. The van der Waals surface area contributed by atoms with Gasteiger partial charge in [-0.1, -0.05) is 0 Å². The highest BCUT2D eigenvalue weighted by atomic mass is 32.2. The van der Waals surface area contributed by atoms with Crippen LogP contribution in [0.25, 0.3) is 0 Å². The van der Waals surface area contributed by atoms with Gasteiger partial charge >= 0.3 is 0 Å². The fraction of sp³-hybridized carbons (Fsp3) is 0.400. The SMILES string of the molecule is COC(C)CNS(=O)(=O)c1ccc(NN)cc1[N+](=O)[O-]. The first kappa shape index (κ1) is 16.3. The summed E-state index contributed by atoms with van der Waals surface area (Å²) in [7, 11) is -2.57. The number of hydrogen-bond donors (Lipinski definition) is 3. The van der Waals surface area contributed by atoms with Crippen molar-refractivity contribution in [3.05, 3.63) is 28.3 Å².